The molecule has 2 rings (SSSR count). The molecule has 0 fully saturated rings. The van der Waals surface area contributed by atoms with E-state index in [0.717, 1.165) is 5.82 Å². The lowest BCUT2D eigenvalue weighted by atomic mass is 10.2. The van der Waals surface area contributed by atoms with E-state index in [2.05, 4.69) is 14.9 Å². The van der Waals surface area contributed by atoms with E-state index >= 15 is 0 Å². The number of aryl methyl sites for hydroxylation is 2. The molecule has 0 spiro atoms. The normalized spacial score (nSPS) is 11.7. The molecule has 20 heavy (non-hydrogen) atoms. The van der Waals surface area contributed by atoms with Crippen molar-refractivity contribution >= 4 is 15.7 Å². The summed E-state index contributed by atoms with van der Waals surface area (Å²) < 4.78 is 28.7. The van der Waals surface area contributed by atoms with E-state index in [1.165, 1.54) is 6.07 Å². The first kappa shape index (κ1) is 14.5. The molecule has 0 saturated heterocycles. The van der Waals surface area contributed by atoms with E-state index in [1.54, 1.807) is 30.0 Å². The molecular weight excluding hydrogens is 278 g/mol. The van der Waals surface area contributed by atoms with Gasteiger partial charge in [0.15, 0.2) is 0 Å². The van der Waals surface area contributed by atoms with Gasteiger partial charge < -0.3 is 10.3 Å². The van der Waals surface area contributed by atoms with Crippen molar-refractivity contribution in [3.05, 3.63) is 35.9 Å². The van der Waals surface area contributed by atoms with E-state index < -0.39 is 10.0 Å². The first-order valence-electron chi connectivity index (χ1n) is 6.09. The Morgan fingerprint density at radius 1 is 1.40 bits per heavy atom. The molecule has 1 heterocycles. The van der Waals surface area contributed by atoms with Crippen molar-refractivity contribution in [3.63, 3.8) is 0 Å². The lowest BCUT2D eigenvalue weighted by Crippen LogP contribution is -2.27. The Balaban J connectivity index is 2.06. The molecule has 0 bridgehead atoms. The number of rotatable bonds is 5. The Bertz CT molecular complexity index is 708. The van der Waals surface area contributed by atoms with Crippen LogP contribution in [-0.4, -0.2) is 29.7 Å². The van der Waals surface area contributed by atoms with Crippen LogP contribution in [0.25, 0.3) is 0 Å². The molecule has 0 amide bonds. The second-order valence-electron chi connectivity index (χ2n) is 4.53. The Morgan fingerprint density at radius 3 is 2.75 bits per heavy atom. The number of hydrogen-bond donors (Lipinski definition) is 2. The van der Waals surface area contributed by atoms with Gasteiger partial charge in [-0.25, -0.2) is 13.1 Å². The van der Waals surface area contributed by atoms with Gasteiger partial charge in [0.2, 0.25) is 10.0 Å². The van der Waals surface area contributed by atoms with E-state index in [-0.39, 0.29) is 11.4 Å². The van der Waals surface area contributed by atoms with Gasteiger partial charge in [-0.2, -0.15) is 0 Å². The van der Waals surface area contributed by atoms with Crippen LogP contribution in [0.4, 0.5) is 5.69 Å². The number of nitrogen functional groups attached to an aromatic ring is 1. The zero-order valence-electron chi connectivity index (χ0n) is 11.4. The van der Waals surface area contributed by atoms with Gasteiger partial charge in [0, 0.05) is 25.7 Å². The van der Waals surface area contributed by atoms with E-state index in [9.17, 15) is 8.42 Å². The molecule has 8 heteroatoms. The molecule has 0 aliphatic rings. The molecule has 0 aliphatic heterocycles. The van der Waals surface area contributed by atoms with Crippen molar-refractivity contribution in [2.24, 2.45) is 7.05 Å². The van der Waals surface area contributed by atoms with E-state index in [0.29, 0.717) is 17.7 Å². The van der Waals surface area contributed by atoms with Crippen LogP contribution in [0.2, 0.25) is 0 Å². The predicted octanol–water partition coefficient (Wildman–Crippen LogP) is 0.227. The largest absolute Gasteiger partial charge is 0.399 e. The third kappa shape index (κ3) is 3.14. The second kappa shape index (κ2) is 5.59. The first-order chi connectivity index (χ1) is 9.40. The minimum atomic E-state index is -3.54. The molecule has 3 N–H and O–H groups in total. The lowest BCUT2D eigenvalue weighted by Gasteiger charge is -2.09. The monoisotopic (exact) mass is 295 g/mol. The highest BCUT2D eigenvalue weighted by atomic mass is 32.2. The predicted molar refractivity (Wildman–Crippen MR) is 75.5 cm³/mol. The Kier molecular flexibility index (Phi) is 4.05. The van der Waals surface area contributed by atoms with Crippen LogP contribution >= 0.6 is 0 Å². The standard InChI is InChI=1S/C12H17N5O2S/c1-9-7-10(13)3-4-11(9)20(18,19)15-6-5-12-16-14-8-17(12)2/h3-4,7-8,15H,5-6,13H2,1-2H3. The Morgan fingerprint density at radius 2 is 2.15 bits per heavy atom. The molecular formula is C12H17N5O2S. The second-order valence-corrected chi connectivity index (χ2v) is 6.27. The van der Waals surface area contributed by atoms with Gasteiger partial charge in [0.1, 0.15) is 12.2 Å². The fourth-order valence-corrected chi connectivity index (χ4v) is 3.14. The van der Waals surface area contributed by atoms with Crippen molar-refractivity contribution < 1.29 is 8.42 Å². The molecule has 7 nitrogen and oxygen atoms in total. The Labute approximate surface area is 117 Å². The number of aromatic nitrogens is 3. The van der Waals surface area contributed by atoms with Gasteiger partial charge in [-0.15, -0.1) is 10.2 Å². The molecule has 0 saturated carbocycles. The number of nitrogens with two attached hydrogens (primary N) is 1. The zero-order valence-corrected chi connectivity index (χ0v) is 12.2. The molecule has 1 aromatic heterocycles. The Hall–Kier alpha value is -1.93. The number of hydrogen-bond acceptors (Lipinski definition) is 5. The van der Waals surface area contributed by atoms with Crippen molar-refractivity contribution in [1.29, 1.82) is 0 Å². The third-order valence-corrected chi connectivity index (χ3v) is 4.56. The zero-order chi connectivity index (χ0) is 14.8. The number of nitrogens with zero attached hydrogens (tertiary/aromatic N) is 3. The molecule has 0 unspecified atom stereocenters. The molecule has 0 atom stereocenters. The summed E-state index contributed by atoms with van der Waals surface area (Å²) in [5, 5.41) is 7.64. The van der Waals surface area contributed by atoms with Gasteiger partial charge in [-0.1, -0.05) is 0 Å². The number of anilines is 1. The summed E-state index contributed by atoms with van der Waals surface area (Å²) in [5.41, 5.74) is 6.78. The molecule has 2 aromatic rings. The highest BCUT2D eigenvalue weighted by Crippen LogP contribution is 2.17. The maximum absolute atomic E-state index is 12.2. The summed E-state index contributed by atoms with van der Waals surface area (Å²) in [7, 11) is -1.72. The summed E-state index contributed by atoms with van der Waals surface area (Å²) >= 11 is 0. The van der Waals surface area contributed by atoms with Gasteiger partial charge in [0.05, 0.1) is 4.90 Å². The topological polar surface area (TPSA) is 103 Å². The average molecular weight is 295 g/mol. The van der Waals surface area contributed by atoms with Crippen LogP contribution in [-0.2, 0) is 23.5 Å². The van der Waals surface area contributed by atoms with Gasteiger partial charge in [0.25, 0.3) is 0 Å². The molecule has 108 valence electrons. The maximum atomic E-state index is 12.2. The minimum absolute atomic E-state index is 0.240. The molecule has 1 aromatic carbocycles. The van der Waals surface area contributed by atoms with E-state index in [4.69, 9.17) is 5.73 Å². The number of benzene rings is 1. The minimum Gasteiger partial charge on any atom is -0.399 e. The fraction of sp³-hybridized carbons (Fsp3) is 0.333. The van der Waals surface area contributed by atoms with Crippen molar-refractivity contribution in [2.45, 2.75) is 18.2 Å². The number of sulfonamides is 1. The van der Waals surface area contributed by atoms with Crippen molar-refractivity contribution in [2.75, 3.05) is 12.3 Å². The van der Waals surface area contributed by atoms with Gasteiger partial charge in [-0.05, 0) is 30.7 Å². The fourth-order valence-electron chi connectivity index (χ4n) is 1.88. The lowest BCUT2D eigenvalue weighted by molar-refractivity contribution is 0.579. The molecule has 0 aliphatic carbocycles. The van der Waals surface area contributed by atoms with Crippen LogP contribution in [0.5, 0.6) is 0 Å². The third-order valence-electron chi connectivity index (χ3n) is 2.93. The average Bonchev–Trinajstić information content (AvgIpc) is 2.74. The summed E-state index contributed by atoms with van der Waals surface area (Å²) in [4.78, 5) is 0.240. The maximum Gasteiger partial charge on any atom is 0.240 e. The highest BCUT2D eigenvalue weighted by molar-refractivity contribution is 7.89. The quantitative estimate of drug-likeness (QED) is 0.768. The number of nitrogens with one attached hydrogen (secondary N) is 1. The van der Waals surface area contributed by atoms with Crippen LogP contribution in [0.1, 0.15) is 11.4 Å². The summed E-state index contributed by atoms with van der Waals surface area (Å²) in [6, 6.07) is 4.72. The summed E-state index contributed by atoms with van der Waals surface area (Å²) in [6.07, 6.45) is 2.05. The summed E-state index contributed by atoms with van der Waals surface area (Å²) in [5.74, 6) is 0.724. The van der Waals surface area contributed by atoms with Crippen LogP contribution < -0.4 is 10.5 Å². The van der Waals surface area contributed by atoms with Crippen molar-refractivity contribution in [3.8, 4) is 0 Å². The molecule has 0 radical (unpaired) electrons. The van der Waals surface area contributed by atoms with Crippen LogP contribution in [0.3, 0.4) is 0 Å². The SMILES string of the molecule is Cc1cc(N)ccc1S(=O)(=O)NCCc1nncn1C. The first-order valence-corrected chi connectivity index (χ1v) is 7.57. The van der Waals surface area contributed by atoms with E-state index in [1.807, 2.05) is 7.05 Å². The summed E-state index contributed by atoms with van der Waals surface area (Å²) in [6.45, 7) is 1.98. The van der Waals surface area contributed by atoms with Gasteiger partial charge in [-0.3, -0.25) is 0 Å². The highest BCUT2D eigenvalue weighted by Gasteiger charge is 2.16. The smallest absolute Gasteiger partial charge is 0.240 e. The van der Waals surface area contributed by atoms with Gasteiger partial charge >= 0.3 is 0 Å². The van der Waals surface area contributed by atoms with Crippen LogP contribution in [0, 0.1) is 6.92 Å². The van der Waals surface area contributed by atoms with Crippen LogP contribution in [0.15, 0.2) is 29.4 Å². The van der Waals surface area contributed by atoms with Crippen molar-refractivity contribution in [1.82, 2.24) is 19.5 Å².